The van der Waals surface area contributed by atoms with E-state index in [0.29, 0.717) is 30.5 Å². The Morgan fingerprint density at radius 2 is 2.39 bits per heavy atom. The molecule has 5 nitrogen and oxygen atoms in total. The number of hydrogen-bond acceptors (Lipinski definition) is 4. The number of nitrogens with two attached hydrogens (primary N) is 1. The molecule has 0 saturated carbocycles. The number of rotatable bonds is 4. The minimum absolute atomic E-state index is 0.0719. The minimum Gasteiger partial charge on any atom is -0.455 e. The number of aliphatic hydroxyl groups excluding tert-OH is 1. The molecule has 1 unspecified atom stereocenters. The normalized spacial score (nSPS) is 20.1. The Balaban J connectivity index is 1.99. The maximum atomic E-state index is 12.2. The topological polar surface area (TPSA) is 79.7 Å². The highest BCUT2D eigenvalue weighted by atomic mass is 16.4. The molecule has 1 aliphatic heterocycles. The van der Waals surface area contributed by atoms with Gasteiger partial charge < -0.3 is 20.2 Å². The first-order chi connectivity index (χ1) is 8.74. The maximum Gasteiger partial charge on any atom is 0.289 e. The van der Waals surface area contributed by atoms with Crippen LogP contribution in [0.3, 0.4) is 0 Å². The van der Waals surface area contributed by atoms with Crippen LogP contribution in [0, 0.1) is 5.92 Å². The Kier molecular flexibility index (Phi) is 4.38. The van der Waals surface area contributed by atoms with E-state index in [9.17, 15) is 4.79 Å². The average Bonchev–Trinajstić information content (AvgIpc) is 2.87. The number of likely N-dealkylation sites (tertiary alicyclic amines) is 1. The molecule has 0 aliphatic carbocycles. The highest BCUT2D eigenvalue weighted by Gasteiger charge is 2.25. The highest BCUT2D eigenvalue weighted by molar-refractivity contribution is 5.91. The molecule has 0 radical (unpaired) electrons. The zero-order chi connectivity index (χ0) is 13.0. The van der Waals surface area contributed by atoms with E-state index in [1.54, 1.807) is 12.1 Å². The molecule has 1 aliphatic rings. The molecule has 1 atom stereocenters. The van der Waals surface area contributed by atoms with Gasteiger partial charge in [0.25, 0.3) is 5.91 Å². The van der Waals surface area contributed by atoms with Crippen molar-refractivity contribution in [3.63, 3.8) is 0 Å². The van der Waals surface area contributed by atoms with E-state index in [4.69, 9.17) is 15.3 Å². The highest BCUT2D eigenvalue weighted by Crippen LogP contribution is 2.21. The van der Waals surface area contributed by atoms with E-state index in [-0.39, 0.29) is 12.5 Å². The lowest BCUT2D eigenvalue weighted by molar-refractivity contribution is 0.0620. The number of carbonyl (C=O) groups excluding carboxylic acids is 1. The number of hydrogen-bond donors (Lipinski definition) is 2. The van der Waals surface area contributed by atoms with E-state index >= 15 is 0 Å². The molecule has 1 fully saturated rings. The average molecular weight is 252 g/mol. The molecular formula is C13H20N2O3. The molecule has 18 heavy (non-hydrogen) atoms. The van der Waals surface area contributed by atoms with Gasteiger partial charge >= 0.3 is 0 Å². The van der Waals surface area contributed by atoms with Gasteiger partial charge in [-0.1, -0.05) is 0 Å². The van der Waals surface area contributed by atoms with Crippen LogP contribution >= 0.6 is 0 Å². The monoisotopic (exact) mass is 252 g/mol. The molecule has 5 heteroatoms. The van der Waals surface area contributed by atoms with Crippen LogP contribution in [0.15, 0.2) is 16.5 Å². The second-order valence-electron chi connectivity index (χ2n) is 4.74. The summed E-state index contributed by atoms with van der Waals surface area (Å²) in [5.74, 6) is 1.32. The summed E-state index contributed by atoms with van der Waals surface area (Å²) in [5.41, 5.74) is 5.46. The van der Waals surface area contributed by atoms with Gasteiger partial charge in [0.05, 0.1) is 6.54 Å². The molecule has 2 rings (SSSR count). The predicted molar refractivity (Wildman–Crippen MR) is 66.9 cm³/mol. The first-order valence-electron chi connectivity index (χ1n) is 6.43. The van der Waals surface area contributed by atoms with Crippen molar-refractivity contribution in [3.05, 3.63) is 23.7 Å². The summed E-state index contributed by atoms with van der Waals surface area (Å²) in [4.78, 5) is 14.0. The predicted octanol–water partition coefficient (Wildman–Crippen LogP) is 0.973. The van der Waals surface area contributed by atoms with Crippen molar-refractivity contribution in [1.29, 1.82) is 0 Å². The number of nitrogens with zero attached hydrogens (tertiary/aromatic N) is 1. The van der Waals surface area contributed by atoms with Crippen molar-refractivity contribution < 1.29 is 14.3 Å². The van der Waals surface area contributed by atoms with Crippen molar-refractivity contribution in [2.45, 2.75) is 25.8 Å². The molecule has 1 saturated heterocycles. The zero-order valence-corrected chi connectivity index (χ0v) is 10.5. The molecule has 0 aromatic carbocycles. The molecular weight excluding hydrogens is 232 g/mol. The quantitative estimate of drug-likeness (QED) is 0.837. The van der Waals surface area contributed by atoms with Crippen LogP contribution in [0.4, 0.5) is 0 Å². The third kappa shape index (κ3) is 2.91. The molecule has 2 heterocycles. The Hall–Kier alpha value is -1.33. The van der Waals surface area contributed by atoms with Crippen molar-refractivity contribution in [2.24, 2.45) is 11.7 Å². The van der Waals surface area contributed by atoms with Gasteiger partial charge in [-0.05, 0) is 37.3 Å². The van der Waals surface area contributed by atoms with Crippen LogP contribution < -0.4 is 5.73 Å². The third-order valence-corrected chi connectivity index (χ3v) is 3.42. The summed E-state index contributed by atoms with van der Waals surface area (Å²) < 4.78 is 5.38. The fraction of sp³-hybridized carbons (Fsp3) is 0.615. The molecule has 100 valence electrons. The fourth-order valence-electron chi connectivity index (χ4n) is 2.43. The molecule has 0 bridgehead atoms. The molecule has 1 amide bonds. The van der Waals surface area contributed by atoms with Gasteiger partial charge in [-0.15, -0.1) is 0 Å². The Morgan fingerprint density at radius 3 is 3.06 bits per heavy atom. The lowest BCUT2D eigenvalue weighted by atomic mass is 9.95. The minimum atomic E-state index is -0.0719. The summed E-state index contributed by atoms with van der Waals surface area (Å²) in [6.45, 7) is 1.96. The van der Waals surface area contributed by atoms with Gasteiger partial charge in [-0.25, -0.2) is 0 Å². The summed E-state index contributed by atoms with van der Waals surface area (Å²) in [5, 5.41) is 8.96. The Morgan fingerprint density at radius 1 is 1.56 bits per heavy atom. The first-order valence-corrected chi connectivity index (χ1v) is 6.43. The molecule has 3 N–H and O–H groups in total. The molecule has 1 aromatic heterocycles. The van der Waals surface area contributed by atoms with E-state index in [1.165, 1.54) is 0 Å². The number of amides is 1. The largest absolute Gasteiger partial charge is 0.455 e. The van der Waals surface area contributed by atoms with Crippen molar-refractivity contribution >= 4 is 5.91 Å². The third-order valence-electron chi connectivity index (χ3n) is 3.42. The van der Waals surface area contributed by atoms with Crippen LogP contribution in [-0.2, 0) is 6.54 Å². The van der Waals surface area contributed by atoms with Gasteiger partial charge in [-0.3, -0.25) is 4.79 Å². The summed E-state index contributed by atoms with van der Waals surface area (Å²) in [6, 6.07) is 3.42. The van der Waals surface area contributed by atoms with E-state index in [1.807, 2.05) is 4.90 Å². The van der Waals surface area contributed by atoms with Gasteiger partial charge in [0, 0.05) is 19.7 Å². The SMILES string of the molecule is NCc1ccc(C(=O)N2CCCC(CCO)C2)o1. The molecule has 1 aromatic rings. The lowest BCUT2D eigenvalue weighted by Gasteiger charge is -2.31. The van der Waals surface area contributed by atoms with E-state index < -0.39 is 0 Å². The fourth-order valence-corrected chi connectivity index (χ4v) is 2.43. The van der Waals surface area contributed by atoms with Gasteiger partial charge in [-0.2, -0.15) is 0 Å². The summed E-state index contributed by atoms with van der Waals surface area (Å²) in [6.07, 6.45) is 2.83. The van der Waals surface area contributed by atoms with Crippen LogP contribution in [0.5, 0.6) is 0 Å². The number of furan rings is 1. The van der Waals surface area contributed by atoms with E-state index in [2.05, 4.69) is 0 Å². The number of aliphatic hydroxyl groups is 1. The van der Waals surface area contributed by atoms with Crippen LogP contribution in [0.25, 0.3) is 0 Å². The van der Waals surface area contributed by atoms with Crippen molar-refractivity contribution in [3.8, 4) is 0 Å². The van der Waals surface area contributed by atoms with Crippen LogP contribution in [0.1, 0.15) is 35.6 Å². The second kappa shape index (κ2) is 6.02. The van der Waals surface area contributed by atoms with E-state index in [0.717, 1.165) is 25.8 Å². The first kappa shape index (κ1) is 13.1. The lowest BCUT2D eigenvalue weighted by Crippen LogP contribution is -2.40. The number of piperidine rings is 1. The van der Waals surface area contributed by atoms with Crippen LogP contribution in [0.2, 0.25) is 0 Å². The van der Waals surface area contributed by atoms with Gasteiger partial charge in [0.2, 0.25) is 0 Å². The second-order valence-corrected chi connectivity index (χ2v) is 4.74. The van der Waals surface area contributed by atoms with Crippen LogP contribution in [-0.4, -0.2) is 35.6 Å². The van der Waals surface area contributed by atoms with Crippen molar-refractivity contribution in [1.82, 2.24) is 4.90 Å². The standard InChI is InChI=1S/C13H20N2O3/c14-8-11-3-4-12(18-11)13(17)15-6-1-2-10(9-15)5-7-16/h3-4,10,16H,1-2,5-9,14H2. The number of carbonyl (C=O) groups is 1. The summed E-state index contributed by atoms with van der Waals surface area (Å²) >= 11 is 0. The van der Waals surface area contributed by atoms with Crippen molar-refractivity contribution in [2.75, 3.05) is 19.7 Å². The Labute approximate surface area is 107 Å². The Bertz CT molecular complexity index is 401. The molecule has 0 spiro atoms. The van der Waals surface area contributed by atoms with Gasteiger partial charge in [0.15, 0.2) is 5.76 Å². The van der Waals surface area contributed by atoms with Gasteiger partial charge in [0.1, 0.15) is 5.76 Å². The maximum absolute atomic E-state index is 12.2. The zero-order valence-electron chi connectivity index (χ0n) is 10.5. The summed E-state index contributed by atoms with van der Waals surface area (Å²) in [7, 11) is 0. The smallest absolute Gasteiger partial charge is 0.289 e.